The molecule has 0 aliphatic rings. The molecule has 0 amide bonds. The minimum Gasteiger partial charge on any atom is -0.376 e. The standard InChI is InChI=1S/C7H16N2S/c1-5(2)9(6(3)4)7(8)10/h5-6H,1-4H3,(H2,8,10). The summed E-state index contributed by atoms with van der Waals surface area (Å²) in [6.07, 6.45) is 0. The van der Waals surface area contributed by atoms with Gasteiger partial charge in [-0.2, -0.15) is 0 Å². The van der Waals surface area contributed by atoms with E-state index in [2.05, 4.69) is 27.7 Å². The zero-order chi connectivity index (χ0) is 8.31. The third kappa shape index (κ3) is 2.52. The second kappa shape index (κ2) is 3.76. The summed E-state index contributed by atoms with van der Waals surface area (Å²) >= 11 is 4.87. The summed E-state index contributed by atoms with van der Waals surface area (Å²) < 4.78 is 0. The zero-order valence-corrected chi connectivity index (χ0v) is 7.90. The molecule has 0 saturated heterocycles. The molecule has 0 radical (unpaired) electrons. The third-order valence-corrected chi connectivity index (χ3v) is 1.58. The molecule has 0 rings (SSSR count). The van der Waals surface area contributed by atoms with Gasteiger partial charge in [0.1, 0.15) is 0 Å². The van der Waals surface area contributed by atoms with Crippen LogP contribution >= 0.6 is 12.2 Å². The van der Waals surface area contributed by atoms with Gasteiger partial charge in [0.25, 0.3) is 0 Å². The summed E-state index contributed by atoms with van der Waals surface area (Å²) in [5, 5.41) is 0.491. The maximum Gasteiger partial charge on any atom is 0.166 e. The zero-order valence-electron chi connectivity index (χ0n) is 7.09. The Balaban J connectivity index is 4.12. The van der Waals surface area contributed by atoms with Crippen LogP contribution in [0.3, 0.4) is 0 Å². The van der Waals surface area contributed by atoms with E-state index in [0.29, 0.717) is 17.2 Å². The predicted octanol–water partition coefficient (Wildman–Crippen LogP) is 1.35. The molecule has 0 bridgehead atoms. The van der Waals surface area contributed by atoms with Gasteiger partial charge in [-0.1, -0.05) is 0 Å². The molecule has 0 aliphatic heterocycles. The van der Waals surface area contributed by atoms with Gasteiger partial charge >= 0.3 is 0 Å². The lowest BCUT2D eigenvalue weighted by atomic mass is 10.2. The van der Waals surface area contributed by atoms with Crippen molar-refractivity contribution < 1.29 is 0 Å². The lowest BCUT2D eigenvalue weighted by Gasteiger charge is -2.30. The Morgan fingerprint density at radius 2 is 1.50 bits per heavy atom. The average molecular weight is 160 g/mol. The molecule has 0 heterocycles. The van der Waals surface area contributed by atoms with Crippen LogP contribution in [0.1, 0.15) is 27.7 Å². The summed E-state index contributed by atoms with van der Waals surface area (Å²) in [6, 6.07) is 0.801. The molecule has 0 spiro atoms. The fourth-order valence-corrected chi connectivity index (χ4v) is 1.53. The van der Waals surface area contributed by atoms with E-state index >= 15 is 0 Å². The molecule has 3 heteroatoms. The van der Waals surface area contributed by atoms with E-state index in [1.54, 1.807) is 0 Å². The van der Waals surface area contributed by atoms with Crippen LogP contribution in [0.4, 0.5) is 0 Å². The highest BCUT2D eigenvalue weighted by Gasteiger charge is 2.13. The molecule has 0 saturated carbocycles. The Morgan fingerprint density at radius 3 is 1.50 bits per heavy atom. The topological polar surface area (TPSA) is 29.3 Å². The number of nitrogens with two attached hydrogens (primary N) is 1. The van der Waals surface area contributed by atoms with Crippen molar-refractivity contribution >= 4 is 17.3 Å². The van der Waals surface area contributed by atoms with Crippen LogP contribution in [0.5, 0.6) is 0 Å². The first-order valence-corrected chi connectivity index (χ1v) is 3.95. The molecule has 0 aromatic rings. The number of thiocarbonyl (C=S) groups is 1. The number of hydrogen-bond acceptors (Lipinski definition) is 1. The highest BCUT2D eigenvalue weighted by molar-refractivity contribution is 7.80. The number of hydrogen-bond donors (Lipinski definition) is 1. The van der Waals surface area contributed by atoms with Crippen LogP contribution in [-0.2, 0) is 0 Å². The van der Waals surface area contributed by atoms with Crippen LogP contribution in [-0.4, -0.2) is 22.1 Å². The second-order valence-electron chi connectivity index (χ2n) is 2.93. The van der Waals surface area contributed by atoms with Crippen molar-refractivity contribution in [3.63, 3.8) is 0 Å². The summed E-state index contributed by atoms with van der Waals surface area (Å²) in [5.41, 5.74) is 5.50. The Morgan fingerprint density at radius 1 is 1.20 bits per heavy atom. The van der Waals surface area contributed by atoms with Crippen LogP contribution in [0.25, 0.3) is 0 Å². The van der Waals surface area contributed by atoms with Gasteiger partial charge < -0.3 is 10.6 Å². The first kappa shape index (κ1) is 9.69. The summed E-state index contributed by atoms with van der Waals surface area (Å²) in [6.45, 7) is 8.33. The van der Waals surface area contributed by atoms with Gasteiger partial charge in [-0.25, -0.2) is 0 Å². The van der Waals surface area contributed by atoms with E-state index in [1.165, 1.54) is 0 Å². The van der Waals surface area contributed by atoms with Gasteiger partial charge in [0.2, 0.25) is 0 Å². The Hall–Kier alpha value is -0.310. The van der Waals surface area contributed by atoms with Crippen molar-refractivity contribution in [3.05, 3.63) is 0 Å². The minimum atomic E-state index is 0.400. The van der Waals surface area contributed by atoms with Gasteiger partial charge in [-0.05, 0) is 39.9 Å². The SMILES string of the molecule is CC(C)N(C(N)=S)C(C)C. The van der Waals surface area contributed by atoms with Gasteiger partial charge in [-0.3, -0.25) is 0 Å². The molecule has 60 valence electrons. The van der Waals surface area contributed by atoms with Crippen molar-refractivity contribution in [3.8, 4) is 0 Å². The molecule has 0 aliphatic carbocycles. The van der Waals surface area contributed by atoms with E-state index in [1.807, 2.05) is 4.90 Å². The molecule has 0 unspecified atom stereocenters. The largest absolute Gasteiger partial charge is 0.376 e. The Labute approximate surface area is 68.4 Å². The quantitative estimate of drug-likeness (QED) is 0.618. The highest BCUT2D eigenvalue weighted by Crippen LogP contribution is 2.03. The van der Waals surface area contributed by atoms with Crippen molar-refractivity contribution in [1.82, 2.24) is 4.90 Å². The van der Waals surface area contributed by atoms with E-state index in [4.69, 9.17) is 18.0 Å². The second-order valence-corrected chi connectivity index (χ2v) is 3.35. The van der Waals surface area contributed by atoms with Crippen molar-refractivity contribution in [1.29, 1.82) is 0 Å². The van der Waals surface area contributed by atoms with Crippen molar-refractivity contribution in [2.24, 2.45) is 5.73 Å². The van der Waals surface area contributed by atoms with Crippen LogP contribution in [0, 0.1) is 0 Å². The van der Waals surface area contributed by atoms with Crippen LogP contribution in [0.2, 0.25) is 0 Å². The van der Waals surface area contributed by atoms with E-state index in [0.717, 1.165) is 0 Å². The lowest BCUT2D eigenvalue weighted by molar-refractivity contribution is 0.294. The smallest absolute Gasteiger partial charge is 0.166 e. The first-order valence-electron chi connectivity index (χ1n) is 3.54. The maximum atomic E-state index is 5.50. The predicted molar refractivity (Wildman–Crippen MR) is 48.9 cm³/mol. The van der Waals surface area contributed by atoms with E-state index in [-0.39, 0.29) is 0 Å². The average Bonchev–Trinajstić information content (AvgIpc) is 1.59. The lowest BCUT2D eigenvalue weighted by Crippen LogP contribution is -2.44. The number of rotatable bonds is 2. The van der Waals surface area contributed by atoms with Crippen LogP contribution in [0.15, 0.2) is 0 Å². The Kier molecular flexibility index (Phi) is 3.64. The van der Waals surface area contributed by atoms with Crippen LogP contribution < -0.4 is 5.73 Å². The number of nitrogens with zero attached hydrogens (tertiary/aromatic N) is 1. The van der Waals surface area contributed by atoms with Crippen molar-refractivity contribution in [2.45, 2.75) is 39.8 Å². The minimum absolute atomic E-state index is 0.400. The molecular weight excluding hydrogens is 144 g/mol. The normalized spacial score (nSPS) is 10.6. The molecule has 0 aromatic heterocycles. The van der Waals surface area contributed by atoms with Gasteiger partial charge in [0, 0.05) is 12.1 Å². The van der Waals surface area contributed by atoms with Gasteiger partial charge in [0.15, 0.2) is 5.11 Å². The van der Waals surface area contributed by atoms with Gasteiger partial charge in [-0.15, -0.1) is 0 Å². The monoisotopic (exact) mass is 160 g/mol. The molecule has 0 atom stereocenters. The molecule has 2 nitrogen and oxygen atoms in total. The molecular formula is C7H16N2S. The fraction of sp³-hybridized carbons (Fsp3) is 0.857. The summed E-state index contributed by atoms with van der Waals surface area (Å²) in [7, 11) is 0. The van der Waals surface area contributed by atoms with Gasteiger partial charge in [0.05, 0.1) is 0 Å². The van der Waals surface area contributed by atoms with Crippen molar-refractivity contribution in [2.75, 3.05) is 0 Å². The molecule has 0 aromatic carbocycles. The van der Waals surface area contributed by atoms with E-state index in [9.17, 15) is 0 Å². The summed E-state index contributed by atoms with van der Waals surface area (Å²) in [4.78, 5) is 2.01. The van der Waals surface area contributed by atoms with E-state index < -0.39 is 0 Å². The third-order valence-electron chi connectivity index (χ3n) is 1.37. The highest BCUT2D eigenvalue weighted by atomic mass is 32.1. The Bertz CT molecular complexity index is 113. The molecule has 2 N–H and O–H groups in total. The first-order chi connectivity index (χ1) is 4.46. The molecule has 0 fully saturated rings. The molecule has 10 heavy (non-hydrogen) atoms. The maximum absolute atomic E-state index is 5.50. The fourth-order valence-electron chi connectivity index (χ4n) is 1.11. The summed E-state index contributed by atoms with van der Waals surface area (Å²) in [5.74, 6) is 0.